The summed E-state index contributed by atoms with van der Waals surface area (Å²) in [5.74, 6) is 2.84. The van der Waals surface area contributed by atoms with E-state index in [2.05, 4.69) is 18.4 Å². The van der Waals surface area contributed by atoms with Gasteiger partial charge in [0.15, 0.2) is 0 Å². The van der Waals surface area contributed by atoms with Gasteiger partial charge in [-0.25, -0.2) is 0 Å². The summed E-state index contributed by atoms with van der Waals surface area (Å²) in [5.41, 5.74) is 0. The summed E-state index contributed by atoms with van der Waals surface area (Å²) in [4.78, 5) is 1.42. The molecule has 0 bridgehead atoms. The van der Waals surface area contributed by atoms with Gasteiger partial charge in [0.1, 0.15) is 0 Å². The van der Waals surface area contributed by atoms with E-state index in [4.69, 9.17) is 11.6 Å². The van der Waals surface area contributed by atoms with Gasteiger partial charge in [-0.3, -0.25) is 0 Å². The third kappa shape index (κ3) is 3.01. The quantitative estimate of drug-likeness (QED) is 0.801. The van der Waals surface area contributed by atoms with Crippen molar-refractivity contribution in [1.82, 2.24) is 5.32 Å². The molecule has 3 heteroatoms. The van der Waals surface area contributed by atoms with Crippen LogP contribution in [0, 0.1) is 17.8 Å². The molecule has 1 aromatic heterocycles. The SMILES string of the molecule is CNC(c1ccc(Cl)s1)C1CCC2CCCCC2C1. The molecule has 1 nitrogen and oxygen atoms in total. The Labute approximate surface area is 125 Å². The minimum Gasteiger partial charge on any atom is -0.312 e. The van der Waals surface area contributed by atoms with Gasteiger partial charge in [0, 0.05) is 10.9 Å². The van der Waals surface area contributed by atoms with Crippen molar-refractivity contribution in [1.29, 1.82) is 0 Å². The molecule has 2 aliphatic rings. The highest BCUT2D eigenvalue weighted by atomic mass is 35.5. The van der Waals surface area contributed by atoms with Crippen LogP contribution in [0.15, 0.2) is 12.1 Å². The second-order valence-corrected chi connectivity index (χ2v) is 8.03. The molecule has 0 aromatic carbocycles. The molecule has 0 saturated heterocycles. The van der Waals surface area contributed by atoms with E-state index in [-0.39, 0.29) is 0 Å². The highest BCUT2D eigenvalue weighted by Gasteiger charge is 2.35. The lowest BCUT2D eigenvalue weighted by atomic mass is 9.66. The van der Waals surface area contributed by atoms with Crippen LogP contribution >= 0.6 is 22.9 Å². The highest BCUT2D eigenvalue weighted by molar-refractivity contribution is 7.16. The fourth-order valence-electron chi connectivity index (χ4n) is 4.32. The first-order chi connectivity index (χ1) is 9.28. The van der Waals surface area contributed by atoms with Gasteiger partial charge in [-0.15, -0.1) is 11.3 Å². The molecule has 3 rings (SSSR count). The Morgan fingerprint density at radius 1 is 1.16 bits per heavy atom. The number of fused-ring (bicyclic) bond motifs is 1. The maximum Gasteiger partial charge on any atom is 0.0931 e. The van der Waals surface area contributed by atoms with E-state index in [1.165, 1.54) is 49.8 Å². The van der Waals surface area contributed by atoms with Crippen molar-refractivity contribution in [3.05, 3.63) is 21.3 Å². The summed E-state index contributed by atoms with van der Waals surface area (Å²) in [7, 11) is 2.10. The number of rotatable bonds is 3. The first kappa shape index (κ1) is 13.9. The number of hydrogen-bond donors (Lipinski definition) is 1. The van der Waals surface area contributed by atoms with Crippen molar-refractivity contribution in [2.75, 3.05) is 7.05 Å². The molecule has 0 aliphatic heterocycles. The van der Waals surface area contributed by atoms with Crippen molar-refractivity contribution >= 4 is 22.9 Å². The normalized spacial score (nSPS) is 32.8. The average Bonchev–Trinajstić information content (AvgIpc) is 2.86. The van der Waals surface area contributed by atoms with Crippen LogP contribution in [0.25, 0.3) is 0 Å². The van der Waals surface area contributed by atoms with Gasteiger partial charge in [0.2, 0.25) is 0 Å². The lowest BCUT2D eigenvalue weighted by molar-refractivity contribution is 0.112. The molecule has 0 amide bonds. The number of halogens is 1. The largest absolute Gasteiger partial charge is 0.312 e. The van der Waals surface area contributed by atoms with Gasteiger partial charge in [0.05, 0.1) is 4.34 Å². The Kier molecular flexibility index (Phi) is 4.51. The van der Waals surface area contributed by atoms with Crippen LogP contribution in [0.4, 0.5) is 0 Å². The Bertz CT molecular complexity index is 417. The third-order valence-electron chi connectivity index (χ3n) is 5.26. The van der Waals surface area contributed by atoms with Crippen molar-refractivity contribution in [2.24, 2.45) is 17.8 Å². The predicted octanol–water partition coefficient (Wildman–Crippen LogP) is 5.27. The van der Waals surface area contributed by atoms with Crippen LogP contribution in [-0.2, 0) is 0 Å². The lowest BCUT2D eigenvalue weighted by Crippen LogP contribution is -2.34. The highest BCUT2D eigenvalue weighted by Crippen LogP contribution is 2.46. The molecule has 4 unspecified atom stereocenters. The monoisotopic (exact) mass is 297 g/mol. The molecule has 0 radical (unpaired) electrons. The van der Waals surface area contributed by atoms with Crippen LogP contribution in [-0.4, -0.2) is 7.05 Å². The number of nitrogens with one attached hydrogen (secondary N) is 1. The zero-order valence-electron chi connectivity index (χ0n) is 11.7. The Morgan fingerprint density at radius 3 is 2.63 bits per heavy atom. The van der Waals surface area contributed by atoms with Gasteiger partial charge in [0.25, 0.3) is 0 Å². The lowest BCUT2D eigenvalue weighted by Gasteiger charge is -2.41. The van der Waals surface area contributed by atoms with E-state index in [0.717, 1.165) is 22.1 Å². The molecule has 1 aromatic rings. The first-order valence-electron chi connectivity index (χ1n) is 7.70. The maximum atomic E-state index is 6.10. The van der Waals surface area contributed by atoms with Crippen molar-refractivity contribution in [3.63, 3.8) is 0 Å². The summed E-state index contributed by atoms with van der Waals surface area (Å²) >= 11 is 7.85. The molecule has 2 aliphatic carbocycles. The molecule has 2 saturated carbocycles. The van der Waals surface area contributed by atoms with Crippen LogP contribution in [0.2, 0.25) is 4.34 Å². The molecule has 1 N–H and O–H groups in total. The first-order valence-corrected chi connectivity index (χ1v) is 8.90. The smallest absolute Gasteiger partial charge is 0.0931 e. The molecule has 19 heavy (non-hydrogen) atoms. The third-order valence-corrected chi connectivity index (χ3v) is 6.58. The van der Waals surface area contributed by atoms with Crippen molar-refractivity contribution in [2.45, 2.75) is 51.0 Å². The summed E-state index contributed by atoms with van der Waals surface area (Å²) in [6, 6.07) is 4.76. The van der Waals surface area contributed by atoms with Gasteiger partial charge >= 0.3 is 0 Å². The summed E-state index contributed by atoms with van der Waals surface area (Å²) < 4.78 is 0.918. The van der Waals surface area contributed by atoms with E-state index in [1.54, 1.807) is 11.3 Å². The maximum absolute atomic E-state index is 6.10. The topological polar surface area (TPSA) is 12.0 Å². The molecular formula is C16H24ClNS. The van der Waals surface area contributed by atoms with E-state index in [1.807, 2.05) is 6.07 Å². The molecular weight excluding hydrogens is 274 g/mol. The van der Waals surface area contributed by atoms with Crippen LogP contribution < -0.4 is 5.32 Å². The Hall–Kier alpha value is -0.0500. The van der Waals surface area contributed by atoms with Gasteiger partial charge < -0.3 is 5.32 Å². The Morgan fingerprint density at radius 2 is 1.95 bits per heavy atom. The summed E-state index contributed by atoms with van der Waals surface area (Å²) in [5, 5.41) is 3.55. The second kappa shape index (κ2) is 6.15. The summed E-state index contributed by atoms with van der Waals surface area (Å²) in [6.07, 6.45) is 10.2. The van der Waals surface area contributed by atoms with Gasteiger partial charge in [-0.05, 0) is 56.2 Å². The zero-order chi connectivity index (χ0) is 13.2. The Balaban J connectivity index is 1.70. The van der Waals surface area contributed by atoms with Crippen LogP contribution in [0.5, 0.6) is 0 Å². The van der Waals surface area contributed by atoms with Crippen LogP contribution in [0.1, 0.15) is 55.9 Å². The standard InChI is InChI=1S/C16H24ClNS/c1-18-16(14-8-9-15(17)19-14)13-7-6-11-4-2-3-5-12(11)10-13/h8-9,11-13,16,18H,2-7,10H2,1H3. The van der Waals surface area contributed by atoms with Crippen molar-refractivity contribution < 1.29 is 0 Å². The number of hydrogen-bond acceptors (Lipinski definition) is 2. The predicted molar refractivity (Wildman–Crippen MR) is 83.9 cm³/mol. The number of thiophene rings is 1. The summed E-state index contributed by atoms with van der Waals surface area (Å²) in [6.45, 7) is 0. The fraction of sp³-hybridized carbons (Fsp3) is 0.750. The van der Waals surface area contributed by atoms with E-state index < -0.39 is 0 Å². The average molecular weight is 298 g/mol. The van der Waals surface area contributed by atoms with E-state index >= 15 is 0 Å². The molecule has 1 heterocycles. The minimum absolute atomic E-state index is 0.514. The van der Waals surface area contributed by atoms with Crippen LogP contribution in [0.3, 0.4) is 0 Å². The van der Waals surface area contributed by atoms with Crippen molar-refractivity contribution in [3.8, 4) is 0 Å². The fourth-order valence-corrected chi connectivity index (χ4v) is 5.58. The minimum atomic E-state index is 0.514. The molecule has 106 valence electrons. The molecule has 0 spiro atoms. The van der Waals surface area contributed by atoms with E-state index in [9.17, 15) is 0 Å². The zero-order valence-corrected chi connectivity index (χ0v) is 13.3. The van der Waals surface area contributed by atoms with E-state index in [0.29, 0.717) is 6.04 Å². The molecule has 2 fully saturated rings. The van der Waals surface area contributed by atoms with Gasteiger partial charge in [-0.2, -0.15) is 0 Å². The second-order valence-electron chi connectivity index (χ2n) is 6.29. The molecule has 4 atom stereocenters. The van der Waals surface area contributed by atoms with Gasteiger partial charge in [-0.1, -0.05) is 37.3 Å².